The van der Waals surface area contributed by atoms with Crippen molar-refractivity contribution in [3.63, 3.8) is 0 Å². The predicted molar refractivity (Wildman–Crippen MR) is 145 cm³/mol. The summed E-state index contributed by atoms with van der Waals surface area (Å²) in [5, 5.41) is 6.76. The lowest BCUT2D eigenvalue weighted by molar-refractivity contribution is 0.0950. The van der Waals surface area contributed by atoms with Crippen LogP contribution in [0.25, 0.3) is 0 Å². The van der Waals surface area contributed by atoms with Gasteiger partial charge in [-0.05, 0) is 114 Å². The van der Waals surface area contributed by atoms with Crippen molar-refractivity contribution in [1.82, 2.24) is 15.2 Å². The van der Waals surface area contributed by atoms with E-state index in [0.717, 1.165) is 28.1 Å². The number of benzene rings is 1. The standard InChI is InChI=1S/C29H44N4O2/c1-17(2)23-14-25(28(34)30-16-26-18(3)13-19(4)31-29(26)35)20(5)27(15-23)32-21(6)22-9-11-24(12-10-22)33(7)8/h13-15,17,21-22,24,32H,9-12,16H2,1-8H3,(H,30,34)(H,31,35)/t21?,22-,24-. The van der Waals surface area contributed by atoms with Gasteiger partial charge in [0.2, 0.25) is 0 Å². The molecule has 1 saturated carbocycles. The maximum absolute atomic E-state index is 13.3. The molecule has 192 valence electrons. The molecule has 3 rings (SSSR count). The van der Waals surface area contributed by atoms with E-state index in [2.05, 4.69) is 61.5 Å². The lowest BCUT2D eigenvalue weighted by atomic mass is 9.81. The summed E-state index contributed by atoms with van der Waals surface area (Å²) in [6.45, 7) is 12.6. The smallest absolute Gasteiger partial charge is 0.253 e. The summed E-state index contributed by atoms with van der Waals surface area (Å²) in [7, 11) is 4.35. The van der Waals surface area contributed by atoms with Crippen LogP contribution in [0, 0.1) is 26.7 Å². The van der Waals surface area contributed by atoms with Gasteiger partial charge in [0.25, 0.3) is 11.5 Å². The van der Waals surface area contributed by atoms with Crippen LogP contribution in [0.2, 0.25) is 0 Å². The van der Waals surface area contributed by atoms with E-state index in [4.69, 9.17) is 0 Å². The summed E-state index contributed by atoms with van der Waals surface area (Å²) in [5.74, 6) is 0.782. The largest absolute Gasteiger partial charge is 0.382 e. The van der Waals surface area contributed by atoms with Crippen molar-refractivity contribution in [3.8, 4) is 0 Å². The Labute approximate surface area is 210 Å². The molecule has 2 aromatic rings. The molecular formula is C29H44N4O2. The first-order valence-corrected chi connectivity index (χ1v) is 13.0. The topological polar surface area (TPSA) is 77.2 Å². The zero-order valence-corrected chi connectivity index (χ0v) is 22.8. The number of aryl methyl sites for hydroxylation is 2. The second-order valence-corrected chi connectivity index (χ2v) is 11.0. The molecule has 1 atom stereocenters. The molecule has 35 heavy (non-hydrogen) atoms. The third-order valence-corrected chi connectivity index (χ3v) is 7.82. The lowest BCUT2D eigenvalue weighted by Crippen LogP contribution is -2.36. The van der Waals surface area contributed by atoms with Gasteiger partial charge in [-0.2, -0.15) is 0 Å². The summed E-state index contributed by atoms with van der Waals surface area (Å²) in [4.78, 5) is 30.8. The summed E-state index contributed by atoms with van der Waals surface area (Å²) < 4.78 is 0. The molecule has 1 aliphatic carbocycles. The van der Waals surface area contributed by atoms with E-state index in [9.17, 15) is 9.59 Å². The van der Waals surface area contributed by atoms with Gasteiger partial charge in [-0.15, -0.1) is 0 Å². The predicted octanol–water partition coefficient (Wildman–Crippen LogP) is 5.27. The number of nitrogens with zero attached hydrogens (tertiary/aromatic N) is 1. The lowest BCUT2D eigenvalue weighted by Gasteiger charge is -2.36. The maximum atomic E-state index is 13.3. The fourth-order valence-electron chi connectivity index (χ4n) is 5.30. The fraction of sp³-hybridized carbons (Fsp3) is 0.586. The quantitative estimate of drug-likeness (QED) is 0.481. The van der Waals surface area contributed by atoms with Crippen LogP contribution in [0.15, 0.2) is 23.0 Å². The van der Waals surface area contributed by atoms with Crippen LogP contribution in [0.5, 0.6) is 0 Å². The van der Waals surface area contributed by atoms with E-state index in [1.165, 1.54) is 25.7 Å². The van der Waals surface area contributed by atoms with E-state index < -0.39 is 0 Å². The highest BCUT2D eigenvalue weighted by Gasteiger charge is 2.27. The second-order valence-electron chi connectivity index (χ2n) is 11.0. The fourth-order valence-corrected chi connectivity index (χ4v) is 5.30. The van der Waals surface area contributed by atoms with Gasteiger partial charge in [-0.3, -0.25) is 9.59 Å². The van der Waals surface area contributed by atoms with Gasteiger partial charge in [0.05, 0.1) is 0 Å². The summed E-state index contributed by atoms with van der Waals surface area (Å²) in [6, 6.07) is 7.16. The average Bonchev–Trinajstić information content (AvgIpc) is 2.79. The van der Waals surface area contributed by atoms with Crippen LogP contribution in [0.4, 0.5) is 5.69 Å². The number of hydrogen-bond acceptors (Lipinski definition) is 4. The molecule has 1 aromatic carbocycles. The van der Waals surface area contributed by atoms with E-state index in [1.807, 2.05) is 32.9 Å². The van der Waals surface area contributed by atoms with Crippen LogP contribution in [-0.4, -0.2) is 42.0 Å². The maximum Gasteiger partial charge on any atom is 0.253 e. The molecule has 1 aromatic heterocycles. The highest BCUT2D eigenvalue weighted by Crippen LogP contribution is 2.32. The van der Waals surface area contributed by atoms with Crippen molar-refractivity contribution in [3.05, 3.63) is 62.1 Å². The molecule has 1 heterocycles. The number of carbonyl (C=O) groups excluding carboxylic acids is 1. The number of H-pyrrole nitrogens is 1. The molecule has 1 unspecified atom stereocenters. The summed E-state index contributed by atoms with van der Waals surface area (Å²) in [5.41, 5.74) is 5.96. The zero-order chi connectivity index (χ0) is 25.9. The highest BCUT2D eigenvalue weighted by atomic mass is 16.1. The number of nitrogens with one attached hydrogen (secondary N) is 3. The molecule has 0 aliphatic heterocycles. The van der Waals surface area contributed by atoms with Crippen molar-refractivity contribution < 1.29 is 4.79 Å². The minimum absolute atomic E-state index is 0.143. The Morgan fingerprint density at radius 3 is 2.29 bits per heavy atom. The Bertz CT molecular complexity index is 1090. The van der Waals surface area contributed by atoms with Crippen LogP contribution in [0.1, 0.15) is 90.7 Å². The number of rotatable bonds is 8. The molecule has 0 radical (unpaired) electrons. The zero-order valence-electron chi connectivity index (χ0n) is 22.8. The van der Waals surface area contributed by atoms with Crippen LogP contribution in [-0.2, 0) is 6.54 Å². The van der Waals surface area contributed by atoms with Crippen LogP contribution >= 0.6 is 0 Å². The molecule has 0 bridgehead atoms. The van der Waals surface area contributed by atoms with Crippen LogP contribution in [0.3, 0.4) is 0 Å². The molecule has 1 amide bonds. The SMILES string of the molecule is Cc1cc(C)c(CNC(=O)c2cc(C(C)C)cc(NC(C)[C@H]3CC[C@H](N(C)C)CC3)c2C)c(=O)[nH]1. The van der Waals surface area contributed by atoms with Crippen molar-refractivity contribution >= 4 is 11.6 Å². The number of pyridine rings is 1. The number of aromatic nitrogens is 1. The van der Waals surface area contributed by atoms with Gasteiger partial charge in [-0.25, -0.2) is 0 Å². The molecule has 0 saturated heterocycles. The number of aromatic amines is 1. The molecule has 6 heteroatoms. The van der Waals surface area contributed by atoms with Gasteiger partial charge in [0, 0.05) is 41.1 Å². The Morgan fingerprint density at radius 2 is 1.71 bits per heavy atom. The van der Waals surface area contributed by atoms with E-state index >= 15 is 0 Å². The van der Waals surface area contributed by atoms with E-state index in [0.29, 0.717) is 35.0 Å². The Hall–Kier alpha value is -2.60. The van der Waals surface area contributed by atoms with Crippen molar-refractivity contribution in [2.75, 3.05) is 19.4 Å². The van der Waals surface area contributed by atoms with Gasteiger partial charge in [-0.1, -0.05) is 13.8 Å². The number of hydrogen-bond donors (Lipinski definition) is 3. The normalized spacial score (nSPS) is 19.1. The first kappa shape index (κ1) is 27.0. The average molecular weight is 481 g/mol. The third-order valence-electron chi connectivity index (χ3n) is 7.82. The minimum Gasteiger partial charge on any atom is -0.382 e. The summed E-state index contributed by atoms with van der Waals surface area (Å²) >= 11 is 0. The highest BCUT2D eigenvalue weighted by molar-refractivity contribution is 5.97. The Morgan fingerprint density at radius 1 is 1.06 bits per heavy atom. The molecule has 1 aliphatic rings. The monoisotopic (exact) mass is 480 g/mol. The molecule has 1 fully saturated rings. The van der Waals surface area contributed by atoms with Gasteiger partial charge < -0.3 is 20.5 Å². The minimum atomic E-state index is -0.147. The molecular weight excluding hydrogens is 436 g/mol. The van der Waals surface area contributed by atoms with E-state index in [1.54, 1.807) is 0 Å². The number of carbonyl (C=O) groups is 1. The van der Waals surface area contributed by atoms with Crippen LogP contribution < -0.4 is 16.2 Å². The van der Waals surface area contributed by atoms with Gasteiger partial charge >= 0.3 is 0 Å². The van der Waals surface area contributed by atoms with Gasteiger partial charge in [0.1, 0.15) is 0 Å². The second kappa shape index (κ2) is 11.4. The first-order valence-electron chi connectivity index (χ1n) is 13.0. The molecule has 0 spiro atoms. The molecule has 3 N–H and O–H groups in total. The van der Waals surface area contributed by atoms with Crippen molar-refractivity contribution in [1.29, 1.82) is 0 Å². The Kier molecular flexibility index (Phi) is 8.81. The number of amides is 1. The van der Waals surface area contributed by atoms with Crippen molar-refractivity contribution in [2.24, 2.45) is 5.92 Å². The van der Waals surface area contributed by atoms with Crippen molar-refractivity contribution in [2.45, 2.75) is 91.8 Å². The van der Waals surface area contributed by atoms with Gasteiger partial charge in [0.15, 0.2) is 0 Å². The summed E-state index contributed by atoms with van der Waals surface area (Å²) in [6.07, 6.45) is 4.91. The molecule has 6 nitrogen and oxygen atoms in total. The first-order chi connectivity index (χ1) is 16.5. The number of anilines is 1. The van der Waals surface area contributed by atoms with E-state index in [-0.39, 0.29) is 18.0 Å². The Balaban J connectivity index is 1.78. The third kappa shape index (κ3) is 6.54.